The van der Waals surface area contributed by atoms with Gasteiger partial charge in [0.25, 0.3) is 11.7 Å². The number of benzene rings is 2. The van der Waals surface area contributed by atoms with E-state index in [0.29, 0.717) is 21.9 Å². The highest BCUT2D eigenvalue weighted by Crippen LogP contribution is 2.33. The third-order valence-electron chi connectivity index (χ3n) is 3.84. The van der Waals surface area contributed by atoms with Gasteiger partial charge in [0.15, 0.2) is 0 Å². The fraction of sp³-hybridized carbons (Fsp3) is 0.111. The maximum atomic E-state index is 12.2. The Morgan fingerprint density at radius 2 is 1.71 bits per heavy atom. The fourth-order valence-corrected chi connectivity index (χ4v) is 2.70. The molecule has 1 unspecified atom stereocenters. The molecule has 1 atom stereocenters. The van der Waals surface area contributed by atoms with Crippen molar-refractivity contribution in [3.8, 4) is 5.75 Å². The van der Waals surface area contributed by atoms with E-state index in [0.717, 1.165) is 0 Å². The largest absolute Gasteiger partial charge is 0.507 e. The molecule has 1 amide bonds. The molecule has 1 saturated heterocycles. The van der Waals surface area contributed by atoms with E-state index >= 15 is 0 Å². The van der Waals surface area contributed by atoms with E-state index in [9.17, 15) is 14.7 Å². The molecule has 1 fully saturated rings. The van der Waals surface area contributed by atoms with E-state index in [-0.39, 0.29) is 11.3 Å². The van der Waals surface area contributed by atoms with Gasteiger partial charge in [0.1, 0.15) is 11.5 Å². The number of aliphatic hydroxyl groups excluding tert-OH is 1. The van der Waals surface area contributed by atoms with Crippen molar-refractivity contribution in [2.24, 2.45) is 0 Å². The lowest BCUT2D eigenvalue weighted by molar-refractivity contribution is -0.133. The first-order valence-corrected chi connectivity index (χ1v) is 7.57. The molecule has 2 aromatic rings. The molecule has 3 rings (SSSR count). The minimum Gasteiger partial charge on any atom is -0.507 e. The summed E-state index contributed by atoms with van der Waals surface area (Å²) in [5.41, 5.74) is 1.11. The zero-order valence-electron chi connectivity index (χ0n) is 12.7. The van der Waals surface area contributed by atoms with Crippen molar-refractivity contribution in [2.75, 3.05) is 7.11 Å². The summed E-state index contributed by atoms with van der Waals surface area (Å²) in [6.07, 6.45) is 0. The Balaban J connectivity index is 2.07. The second-order valence-electron chi connectivity index (χ2n) is 5.28. The standard InChI is InChI=1S/C18H14ClNO4/c1-24-13-8-4-11(5-9-13)16(21)14-15(20-18(23)17(14)22)10-2-6-12(19)7-3-10/h2-9,15,21H,1H3,(H,20,23). The van der Waals surface area contributed by atoms with Crippen molar-refractivity contribution in [3.05, 3.63) is 70.3 Å². The molecule has 0 aromatic heterocycles. The predicted molar refractivity (Wildman–Crippen MR) is 89.9 cm³/mol. The van der Waals surface area contributed by atoms with Gasteiger partial charge in [0.2, 0.25) is 0 Å². The number of nitrogens with one attached hydrogen (secondary N) is 1. The number of Topliss-reactive ketones (excluding diaryl/α,β-unsaturated/α-hetero) is 1. The Morgan fingerprint density at radius 1 is 1.08 bits per heavy atom. The topological polar surface area (TPSA) is 75.6 Å². The van der Waals surface area contributed by atoms with Gasteiger partial charge in [-0.3, -0.25) is 9.59 Å². The summed E-state index contributed by atoms with van der Waals surface area (Å²) in [5.74, 6) is -1.10. The first-order valence-electron chi connectivity index (χ1n) is 7.19. The molecule has 2 N–H and O–H groups in total. The molecule has 0 saturated carbocycles. The summed E-state index contributed by atoms with van der Waals surface area (Å²) in [4.78, 5) is 24.0. The van der Waals surface area contributed by atoms with Crippen LogP contribution in [0.5, 0.6) is 5.75 Å². The van der Waals surface area contributed by atoms with Crippen LogP contribution in [0.4, 0.5) is 0 Å². The highest BCUT2D eigenvalue weighted by Gasteiger charge is 2.39. The Morgan fingerprint density at radius 3 is 2.29 bits per heavy atom. The number of methoxy groups -OCH3 is 1. The van der Waals surface area contributed by atoms with Crippen LogP contribution < -0.4 is 10.1 Å². The van der Waals surface area contributed by atoms with Gasteiger partial charge in [-0.2, -0.15) is 0 Å². The van der Waals surface area contributed by atoms with Gasteiger partial charge in [0, 0.05) is 10.6 Å². The highest BCUT2D eigenvalue weighted by molar-refractivity contribution is 6.46. The SMILES string of the molecule is COc1ccc(C(O)=C2C(=O)C(=O)NC2c2ccc(Cl)cc2)cc1. The number of hydrogen-bond acceptors (Lipinski definition) is 4. The molecule has 0 radical (unpaired) electrons. The van der Waals surface area contributed by atoms with Crippen molar-refractivity contribution in [3.63, 3.8) is 0 Å². The number of ether oxygens (including phenoxy) is 1. The lowest BCUT2D eigenvalue weighted by Gasteiger charge is -2.14. The molecule has 6 heteroatoms. The number of aliphatic hydroxyl groups is 1. The van der Waals surface area contributed by atoms with Gasteiger partial charge < -0.3 is 15.2 Å². The average Bonchev–Trinajstić information content (AvgIpc) is 2.90. The van der Waals surface area contributed by atoms with E-state index in [4.69, 9.17) is 16.3 Å². The van der Waals surface area contributed by atoms with E-state index in [1.54, 1.807) is 48.5 Å². The Labute approximate surface area is 143 Å². The molecular weight excluding hydrogens is 330 g/mol. The summed E-state index contributed by atoms with van der Waals surface area (Å²) in [7, 11) is 1.53. The maximum absolute atomic E-state index is 12.2. The summed E-state index contributed by atoms with van der Waals surface area (Å²) >= 11 is 5.87. The van der Waals surface area contributed by atoms with Crippen molar-refractivity contribution in [1.29, 1.82) is 0 Å². The van der Waals surface area contributed by atoms with Crippen LogP contribution in [-0.2, 0) is 9.59 Å². The molecule has 0 aliphatic carbocycles. The van der Waals surface area contributed by atoms with Crippen molar-refractivity contribution in [1.82, 2.24) is 5.32 Å². The maximum Gasteiger partial charge on any atom is 0.293 e. The van der Waals surface area contributed by atoms with Crippen LogP contribution in [0, 0.1) is 0 Å². The number of halogens is 1. The third kappa shape index (κ3) is 2.86. The van der Waals surface area contributed by atoms with Crippen LogP contribution in [-0.4, -0.2) is 23.9 Å². The van der Waals surface area contributed by atoms with E-state index in [1.165, 1.54) is 7.11 Å². The van der Waals surface area contributed by atoms with Crippen LogP contribution in [0.15, 0.2) is 54.1 Å². The van der Waals surface area contributed by atoms with Crippen molar-refractivity contribution >= 4 is 29.1 Å². The summed E-state index contributed by atoms with van der Waals surface area (Å²) in [5, 5.41) is 13.7. The first-order chi connectivity index (χ1) is 11.5. The minimum atomic E-state index is -0.747. The van der Waals surface area contributed by atoms with E-state index in [1.807, 2.05) is 0 Å². The number of carbonyl (C=O) groups is 2. The quantitative estimate of drug-likeness (QED) is 0.510. The Bertz CT molecular complexity index is 825. The smallest absolute Gasteiger partial charge is 0.293 e. The normalized spacial score (nSPS) is 19.2. The second kappa shape index (κ2) is 6.37. The number of amides is 1. The molecule has 1 aliphatic heterocycles. The molecule has 0 spiro atoms. The van der Waals surface area contributed by atoms with Gasteiger partial charge in [-0.15, -0.1) is 0 Å². The molecule has 1 heterocycles. The molecule has 24 heavy (non-hydrogen) atoms. The zero-order chi connectivity index (χ0) is 17.3. The lowest BCUT2D eigenvalue weighted by Crippen LogP contribution is -2.21. The predicted octanol–water partition coefficient (Wildman–Crippen LogP) is 3.06. The van der Waals surface area contributed by atoms with Crippen LogP contribution in [0.2, 0.25) is 5.02 Å². The summed E-state index contributed by atoms with van der Waals surface area (Å²) in [6, 6.07) is 12.6. The van der Waals surface area contributed by atoms with Gasteiger partial charge in [0.05, 0.1) is 18.7 Å². The highest BCUT2D eigenvalue weighted by atomic mass is 35.5. The van der Waals surface area contributed by atoms with E-state index in [2.05, 4.69) is 5.32 Å². The molecular formula is C18H14ClNO4. The van der Waals surface area contributed by atoms with Gasteiger partial charge >= 0.3 is 0 Å². The molecule has 122 valence electrons. The molecule has 5 nitrogen and oxygen atoms in total. The van der Waals surface area contributed by atoms with Gasteiger partial charge in [-0.25, -0.2) is 0 Å². The average molecular weight is 344 g/mol. The summed E-state index contributed by atoms with van der Waals surface area (Å²) in [6.45, 7) is 0. The van der Waals surface area contributed by atoms with Gasteiger partial charge in [-0.05, 0) is 42.0 Å². The Kier molecular flexibility index (Phi) is 4.27. The number of ketones is 1. The fourth-order valence-electron chi connectivity index (χ4n) is 2.58. The van der Waals surface area contributed by atoms with Crippen LogP contribution in [0.1, 0.15) is 17.2 Å². The molecule has 2 aromatic carbocycles. The van der Waals surface area contributed by atoms with E-state index < -0.39 is 17.7 Å². The van der Waals surface area contributed by atoms with Crippen LogP contribution in [0.3, 0.4) is 0 Å². The van der Waals surface area contributed by atoms with Gasteiger partial charge in [-0.1, -0.05) is 23.7 Å². The lowest BCUT2D eigenvalue weighted by atomic mass is 9.96. The minimum absolute atomic E-state index is 0.0208. The summed E-state index contributed by atoms with van der Waals surface area (Å²) < 4.78 is 5.07. The number of rotatable bonds is 3. The first kappa shape index (κ1) is 16.1. The molecule has 1 aliphatic rings. The van der Waals surface area contributed by atoms with Crippen LogP contribution >= 0.6 is 11.6 Å². The van der Waals surface area contributed by atoms with Crippen LogP contribution in [0.25, 0.3) is 5.76 Å². The zero-order valence-corrected chi connectivity index (χ0v) is 13.5. The monoisotopic (exact) mass is 343 g/mol. The van der Waals surface area contributed by atoms with Crippen molar-refractivity contribution < 1.29 is 19.4 Å². The number of hydrogen-bond donors (Lipinski definition) is 2. The molecule has 0 bridgehead atoms. The second-order valence-corrected chi connectivity index (χ2v) is 5.71. The van der Waals surface area contributed by atoms with Crippen molar-refractivity contribution in [2.45, 2.75) is 6.04 Å². The number of carbonyl (C=O) groups excluding carboxylic acids is 2. The third-order valence-corrected chi connectivity index (χ3v) is 4.09. The Hall–Kier alpha value is -2.79.